The molecule has 5 nitrogen and oxygen atoms in total. The maximum atomic E-state index is 13.3. The second-order valence-electron chi connectivity index (χ2n) is 6.96. The first-order valence-corrected chi connectivity index (χ1v) is 9.72. The van der Waals surface area contributed by atoms with Crippen LogP contribution in [0.25, 0.3) is 0 Å². The Bertz CT molecular complexity index is 975. The van der Waals surface area contributed by atoms with Gasteiger partial charge in [-0.1, -0.05) is 54.6 Å². The highest BCUT2D eigenvalue weighted by molar-refractivity contribution is 5.95. The summed E-state index contributed by atoms with van der Waals surface area (Å²) in [6.07, 6.45) is 0.798. The Labute approximate surface area is 170 Å². The van der Waals surface area contributed by atoms with E-state index in [1.165, 1.54) is 0 Å². The number of benzene rings is 3. The first kappa shape index (κ1) is 19.0. The van der Waals surface area contributed by atoms with Crippen molar-refractivity contribution in [2.45, 2.75) is 18.5 Å². The lowest BCUT2D eigenvalue weighted by Gasteiger charge is -2.30. The van der Waals surface area contributed by atoms with Crippen LogP contribution in [0.3, 0.4) is 0 Å². The lowest BCUT2D eigenvalue weighted by molar-refractivity contribution is -0.118. The van der Waals surface area contributed by atoms with Crippen molar-refractivity contribution in [2.24, 2.45) is 0 Å². The van der Waals surface area contributed by atoms with Crippen LogP contribution in [0.4, 0.5) is 5.69 Å². The summed E-state index contributed by atoms with van der Waals surface area (Å²) in [6.45, 7) is 0.619. The fourth-order valence-electron chi connectivity index (χ4n) is 3.60. The van der Waals surface area contributed by atoms with E-state index in [0.29, 0.717) is 18.0 Å². The van der Waals surface area contributed by atoms with E-state index >= 15 is 0 Å². The zero-order valence-electron chi connectivity index (χ0n) is 16.3. The SMILES string of the molecule is COc1cccc(NC(=O)[C@@H](N[C@@H]2CCOc3ccccc32)c2ccccc2)c1. The molecule has 148 valence electrons. The van der Waals surface area contributed by atoms with Gasteiger partial charge in [0.1, 0.15) is 17.5 Å². The van der Waals surface area contributed by atoms with Gasteiger partial charge in [0.2, 0.25) is 5.91 Å². The molecular formula is C24H24N2O3. The zero-order valence-corrected chi connectivity index (χ0v) is 16.3. The molecule has 1 heterocycles. The molecule has 0 radical (unpaired) electrons. The number of fused-ring (bicyclic) bond motifs is 1. The number of hydrogen-bond acceptors (Lipinski definition) is 4. The maximum Gasteiger partial charge on any atom is 0.246 e. The van der Waals surface area contributed by atoms with Gasteiger partial charge in [-0.05, 0) is 23.8 Å². The van der Waals surface area contributed by atoms with Crippen molar-refractivity contribution in [1.82, 2.24) is 5.32 Å². The van der Waals surface area contributed by atoms with Crippen LogP contribution in [0.15, 0.2) is 78.9 Å². The third kappa shape index (κ3) is 4.41. The van der Waals surface area contributed by atoms with Gasteiger partial charge < -0.3 is 14.8 Å². The van der Waals surface area contributed by atoms with Crippen LogP contribution in [-0.2, 0) is 4.79 Å². The van der Waals surface area contributed by atoms with Crippen molar-refractivity contribution in [3.63, 3.8) is 0 Å². The van der Waals surface area contributed by atoms with E-state index in [9.17, 15) is 4.79 Å². The van der Waals surface area contributed by atoms with Gasteiger partial charge in [-0.15, -0.1) is 0 Å². The van der Waals surface area contributed by atoms with Gasteiger partial charge in [0.05, 0.1) is 13.7 Å². The highest BCUT2D eigenvalue weighted by atomic mass is 16.5. The molecule has 0 bridgehead atoms. The minimum absolute atomic E-state index is 0.0289. The Morgan fingerprint density at radius 1 is 1.03 bits per heavy atom. The third-order valence-electron chi connectivity index (χ3n) is 5.06. The van der Waals surface area contributed by atoms with Gasteiger partial charge in [-0.3, -0.25) is 10.1 Å². The summed E-state index contributed by atoms with van der Waals surface area (Å²) in [6, 6.07) is 24.6. The minimum atomic E-state index is -0.501. The molecule has 2 N–H and O–H groups in total. The van der Waals surface area contributed by atoms with E-state index in [2.05, 4.69) is 10.6 Å². The molecule has 29 heavy (non-hydrogen) atoms. The van der Waals surface area contributed by atoms with Gasteiger partial charge in [-0.2, -0.15) is 0 Å². The number of anilines is 1. The smallest absolute Gasteiger partial charge is 0.246 e. The van der Waals surface area contributed by atoms with E-state index < -0.39 is 6.04 Å². The van der Waals surface area contributed by atoms with Crippen LogP contribution in [0.2, 0.25) is 0 Å². The molecule has 3 aromatic carbocycles. The average Bonchev–Trinajstić information content (AvgIpc) is 2.78. The van der Waals surface area contributed by atoms with Crippen LogP contribution in [0, 0.1) is 0 Å². The van der Waals surface area contributed by atoms with Crippen LogP contribution in [0.1, 0.15) is 29.6 Å². The minimum Gasteiger partial charge on any atom is -0.497 e. The van der Waals surface area contributed by atoms with E-state index in [1.807, 2.05) is 78.9 Å². The summed E-state index contributed by atoms with van der Waals surface area (Å²) in [5, 5.41) is 6.57. The molecular weight excluding hydrogens is 364 g/mol. The fraction of sp³-hybridized carbons (Fsp3) is 0.208. The first-order valence-electron chi connectivity index (χ1n) is 9.72. The number of nitrogens with one attached hydrogen (secondary N) is 2. The number of ether oxygens (including phenoxy) is 2. The number of rotatable bonds is 6. The van der Waals surface area contributed by atoms with Gasteiger partial charge in [-0.25, -0.2) is 0 Å². The number of carbonyl (C=O) groups is 1. The van der Waals surface area contributed by atoms with E-state index in [0.717, 1.165) is 23.3 Å². The lowest BCUT2D eigenvalue weighted by atomic mass is 9.97. The van der Waals surface area contributed by atoms with E-state index in [-0.39, 0.29) is 11.9 Å². The third-order valence-corrected chi connectivity index (χ3v) is 5.06. The quantitative estimate of drug-likeness (QED) is 0.653. The fourth-order valence-corrected chi connectivity index (χ4v) is 3.60. The monoisotopic (exact) mass is 388 g/mol. The van der Waals surface area contributed by atoms with E-state index in [4.69, 9.17) is 9.47 Å². The Hall–Kier alpha value is -3.31. The standard InChI is InChI=1S/C24H24N2O3/c1-28-19-11-7-10-18(16-19)25-24(27)23(17-8-3-2-4-9-17)26-21-14-15-29-22-13-6-5-12-20(21)22/h2-13,16,21,23,26H,14-15H2,1H3,(H,25,27)/t21-,23+/m1/s1. The molecule has 0 aliphatic carbocycles. The van der Waals surface area contributed by atoms with Crippen LogP contribution < -0.4 is 20.1 Å². The van der Waals surface area contributed by atoms with Gasteiger partial charge in [0.15, 0.2) is 0 Å². The van der Waals surface area contributed by atoms with Crippen molar-refractivity contribution in [1.29, 1.82) is 0 Å². The molecule has 5 heteroatoms. The normalized spacial score (nSPS) is 16.2. The predicted molar refractivity (Wildman–Crippen MR) is 113 cm³/mol. The molecule has 2 atom stereocenters. The molecule has 0 saturated carbocycles. The molecule has 0 saturated heterocycles. The van der Waals surface area contributed by atoms with Crippen molar-refractivity contribution in [2.75, 3.05) is 19.0 Å². The Morgan fingerprint density at radius 2 is 1.83 bits per heavy atom. The molecule has 0 unspecified atom stereocenters. The maximum absolute atomic E-state index is 13.3. The summed E-state index contributed by atoms with van der Waals surface area (Å²) in [5.74, 6) is 1.45. The number of amides is 1. The largest absolute Gasteiger partial charge is 0.497 e. The summed E-state index contributed by atoms with van der Waals surface area (Å²) in [7, 11) is 1.61. The second kappa shape index (κ2) is 8.80. The molecule has 0 aromatic heterocycles. The van der Waals surface area contributed by atoms with Crippen LogP contribution in [0.5, 0.6) is 11.5 Å². The molecule has 3 aromatic rings. The summed E-state index contributed by atoms with van der Waals surface area (Å²) >= 11 is 0. The highest BCUT2D eigenvalue weighted by Gasteiger charge is 2.28. The molecule has 0 fully saturated rings. The molecule has 1 aliphatic heterocycles. The van der Waals surface area contributed by atoms with Crippen molar-refractivity contribution in [3.8, 4) is 11.5 Å². The van der Waals surface area contributed by atoms with Gasteiger partial charge >= 0.3 is 0 Å². The lowest BCUT2D eigenvalue weighted by Crippen LogP contribution is -2.37. The predicted octanol–water partition coefficient (Wildman–Crippen LogP) is 4.49. The average molecular weight is 388 g/mol. The molecule has 1 amide bonds. The number of hydrogen-bond donors (Lipinski definition) is 2. The summed E-state index contributed by atoms with van der Waals surface area (Å²) in [4.78, 5) is 13.3. The Morgan fingerprint density at radius 3 is 2.66 bits per heavy atom. The van der Waals surface area contributed by atoms with Crippen LogP contribution in [-0.4, -0.2) is 19.6 Å². The number of carbonyl (C=O) groups excluding carboxylic acids is 1. The van der Waals surface area contributed by atoms with Crippen molar-refractivity contribution < 1.29 is 14.3 Å². The van der Waals surface area contributed by atoms with Crippen molar-refractivity contribution >= 4 is 11.6 Å². The van der Waals surface area contributed by atoms with Gasteiger partial charge in [0.25, 0.3) is 0 Å². The second-order valence-corrected chi connectivity index (χ2v) is 6.96. The summed E-state index contributed by atoms with van der Waals surface area (Å²) < 4.78 is 11.0. The Balaban J connectivity index is 1.60. The Kier molecular flexibility index (Phi) is 5.77. The molecule has 0 spiro atoms. The van der Waals surface area contributed by atoms with Gasteiger partial charge in [0, 0.05) is 29.8 Å². The number of para-hydroxylation sites is 1. The molecule has 4 rings (SSSR count). The highest BCUT2D eigenvalue weighted by Crippen LogP contribution is 2.33. The van der Waals surface area contributed by atoms with Crippen LogP contribution >= 0.6 is 0 Å². The number of methoxy groups -OCH3 is 1. The topological polar surface area (TPSA) is 59.6 Å². The molecule has 1 aliphatic rings. The van der Waals surface area contributed by atoms with Crippen molar-refractivity contribution in [3.05, 3.63) is 90.0 Å². The first-order chi connectivity index (χ1) is 14.2. The van der Waals surface area contributed by atoms with E-state index in [1.54, 1.807) is 7.11 Å². The summed E-state index contributed by atoms with van der Waals surface area (Å²) in [5.41, 5.74) is 2.69. The zero-order chi connectivity index (χ0) is 20.1.